The Morgan fingerprint density at radius 1 is 0.625 bits per heavy atom. The van der Waals surface area contributed by atoms with Crippen molar-refractivity contribution in [2.75, 3.05) is 0 Å². The van der Waals surface area contributed by atoms with Crippen LogP contribution in [0.15, 0.2) is 72.8 Å². The summed E-state index contributed by atoms with van der Waals surface area (Å²) in [7, 11) is 0. The number of hydrogen-bond donors (Lipinski definition) is 0. The first-order valence-electron chi connectivity index (χ1n) is 9.63. The zero-order chi connectivity index (χ0) is 17.0. The highest BCUT2D eigenvalue weighted by Crippen LogP contribution is 2.28. The van der Waals surface area contributed by atoms with Crippen molar-refractivity contribution in [1.82, 2.24) is 0 Å². The molecule has 0 aliphatic carbocycles. The van der Waals surface area contributed by atoms with Crippen molar-refractivity contribution in [2.24, 2.45) is 0 Å². The molecule has 0 heterocycles. The van der Waals surface area contributed by atoms with Crippen molar-refractivity contribution in [3.05, 3.63) is 83.9 Å². The van der Waals surface area contributed by atoms with Gasteiger partial charge in [-0.1, -0.05) is 112 Å². The number of benzene rings is 2. The lowest BCUT2D eigenvalue weighted by Gasteiger charge is -2.17. The topological polar surface area (TPSA) is 0 Å². The summed E-state index contributed by atoms with van der Waals surface area (Å²) in [6.07, 6.45) is 12.5. The quantitative estimate of drug-likeness (QED) is 0.398. The van der Waals surface area contributed by atoms with E-state index in [1.807, 2.05) is 0 Å². The van der Waals surface area contributed by atoms with E-state index in [-0.39, 0.29) is 0 Å². The van der Waals surface area contributed by atoms with Gasteiger partial charge in [0.05, 0.1) is 0 Å². The summed E-state index contributed by atoms with van der Waals surface area (Å²) >= 11 is 0. The SMILES string of the molecule is CCCCC(/C=C/C(CCCC)c1ccccc1)c1ccccc1. The van der Waals surface area contributed by atoms with Crippen LogP contribution in [0.1, 0.15) is 75.3 Å². The highest BCUT2D eigenvalue weighted by molar-refractivity contribution is 5.28. The fraction of sp³-hybridized carbons (Fsp3) is 0.417. The molecule has 0 aromatic heterocycles. The third kappa shape index (κ3) is 6.00. The Balaban J connectivity index is 2.16. The predicted octanol–water partition coefficient (Wildman–Crippen LogP) is 7.49. The summed E-state index contributed by atoms with van der Waals surface area (Å²) in [5.74, 6) is 1.08. The molecular weight excluding hydrogens is 288 g/mol. The van der Waals surface area contributed by atoms with Crippen molar-refractivity contribution in [1.29, 1.82) is 0 Å². The minimum Gasteiger partial charge on any atom is -0.0804 e. The first-order chi connectivity index (χ1) is 11.8. The molecule has 0 saturated heterocycles. The molecule has 0 nitrogen and oxygen atoms in total. The molecule has 0 saturated carbocycles. The van der Waals surface area contributed by atoms with Gasteiger partial charge in [-0.15, -0.1) is 0 Å². The summed E-state index contributed by atoms with van der Waals surface area (Å²) in [6, 6.07) is 21.9. The molecule has 2 atom stereocenters. The molecule has 2 aromatic carbocycles. The van der Waals surface area contributed by atoms with Crippen LogP contribution < -0.4 is 0 Å². The zero-order valence-corrected chi connectivity index (χ0v) is 15.3. The lowest BCUT2D eigenvalue weighted by molar-refractivity contribution is 0.643. The van der Waals surface area contributed by atoms with Crippen LogP contribution in [0.2, 0.25) is 0 Å². The van der Waals surface area contributed by atoms with Crippen molar-refractivity contribution in [3.63, 3.8) is 0 Å². The molecule has 0 aliphatic heterocycles. The number of unbranched alkanes of at least 4 members (excludes halogenated alkanes) is 2. The maximum Gasteiger partial charge on any atom is 0.00181 e. The van der Waals surface area contributed by atoms with E-state index < -0.39 is 0 Å². The fourth-order valence-corrected chi connectivity index (χ4v) is 3.26. The van der Waals surface area contributed by atoms with Gasteiger partial charge in [0.15, 0.2) is 0 Å². The van der Waals surface area contributed by atoms with Crippen molar-refractivity contribution in [2.45, 2.75) is 64.2 Å². The van der Waals surface area contributed by atoms with Gasteiger partial charge in [-0.05, 0) is 24.0 Å². The molecule has 2 unspecified atom stereocenters. The summed E-state index contributed by atoms with van der Waals surface area (Å²) in [4.78, 5) is 0. The highest BCUT2D eigenvalue weighted by Gasteiger charge is 2.11. The third-order valence-corrected chi connectivity index (χ3v) is 4.77. The van der Waals surface area contributed by atoms with Crippen LogP contribution in [0.5, 0.6) is 0 Å². The van der Waals surface area contributed by atoms with Crippen molar-refractivity contribution in [3.8, 4) is 0 Å². The maximum atomic E-state index is 2.47. The van der Waals surface area contributed by atoms with Crippen LogP contribution in [-0.4, -0.2) is 0 Å². The smallest absolute Gasteiger partial charge is 0.00181 e. The van der Waals surface area contributed by atoms with Gasteiger partial charge >= 0.3 is 0 Å². The average Bonchev–Trinajstić information content (AvgIpc) is 2.65. The summed E-state index contributed by atoms with van der Waals surface area (Å²) in [6.45, 7) is 4.56. The molecular formula is C24H32. The normalized spacial score (nSPS) is 13.9. The highest BCUT2D eigenvalue weighted by atomic mass is 14.2. The monoisotopic (exact) mass is 320 g/mol. The summed E-state index contributed by atoms with van der Waals surface area (Å²) in [5, 5.41) is 0. The Bertz CT molecular complexity index is 514. The molecule has 0 amide bonds. The molecule has 2 rings (SSSR count). The minimum atomic E-state index is 0.541. The van der Waals surface area contributed by atoms with Crippen LogP contribution >= 0.6 is 0 Å². The van der Waals surface area contributed by atoms with Gasteiger partial charge in [-0.2, -0.15) is 0 Å². The lowest BCUT2D eigenvalue weighted by atomic mass is 9.88. The van der Waals surface area contributed by atoms with Gasteiger partial charge in [0.2, 0.25) is 0 Å². The maximum absolute atomic E-state index is 2.47. The number of allylic oxidation sites excluding steroid dienone is 2. The molecule has 0 fully saturated rings. The first kappa shape index (κ1) is 18.5. The Kier molecular flexibility index (Phi) is 8.38. The van der Waals surface area contributed by atoms with Crippen LogP contribution in [-0.2, 0) is 0 Å². The number of hydrogen-bond acceptors (Lipinski definition) is 0. The van der Waals surface area contributed by atoms with E-state index >= 15 is 0 Å². The van der Waals surface area contributed by atoms with Gasteiger partial charge in [0, 0.05) is 11.8 Å². The fourth-order valence-electron chi connectivity index (χ4n) is 3.26. The summed E-state index contributed by atoms with van der Waals surface area (Å²) < 4.78 is 0. The number of rotatable bonds is 10. The second-order valence-electron chi connectivity index (χ2n) is 6.70. The molecule has 0 spiro atoms. The molecule has 0 aliphatic rings. The van der Waals surface area contributed by atoms with Gasteiger partial charge in [0.1, 0.15) is 0 Å². The van der Waals surface area contributed by atoms with E-state index in [2.05, 4.69) is 86.7 Å². The standard InChI is InChI=1S/C24H32/c1-3-5-13-23(21-15-9-7-10-16-21)19-20-24(14-6-4-2)22-17-11-8-12-18-22/h7-12,15-20,23-24H,3-6,13-14H2,1-2H3/b20-19+. The van der Waals surface area contributed by atoms with E-state index in [9.17, 15) is 0 Å². The first-order valence-corrected chi connectivity index (χ1v) is 9.63. The minimum absolute atomic E-state index is 0.541. The summed E-state index contributed by atoms with van der Waals surface area (Å²) in [5.41, 5.74) is 2.90. The second-order valence-corrected chi connectivity index (χ2v) is 6.70. The Morgan fingerprint density at radius 2 is 1.00 bits per heavy atom. The Morgan fingerprint density at radius 3 is 1.33 bits per heavy atom. The van der Waals surface area contributed by atoms with E-state index in [0.29, 0.717) is 11.8 Å². The van der Waals surface area contributed by atoms with E-state index in [4.69, 9.17) is 0 Å². The van der Waals surface area contributed by atoms with Crippen molar-refractivity contribution >= 4 is 0 Å². The van der Waals surface area contributed by atoms with E-state index in [0.717, 1.165) is 0 Å². The van der Waals surface area contributed by atoms with E-state index in [1.54, 1.807) is 0 Å². The molecule has 0 heteroatoms. The molecule has 0 radical (unpaired) electrons. The van der Waals surface area contributed by atoms with Crippen LogP contribution in [0.4, 0.5) is 0 Å². The zero-order valence-electron chi connectivity index (χ0n) is 15.3. The molecule has 0 N–H and O–H groups in total. The predicted molar refractivity (Wildman–Crippen MR) is 107 cm³/mol. The lowest BCUT2D eigenvalue weighted by Crippen LogP contribution is -1.99. The molecule has 24 heavy (non-hydrogen) atoms. The van der Waals surface area contributed by atoms with Crippen molar-refractivity contribution < 1.29 is 0 Å². The van der Waals surface area contributed by atoms with Gasteiger partial charge in [0.25, 0.3) is 0 Å². The third-order valence-electron chi connectivity index (χ3n) is 4.77. The average molecular weight is 321 g/mol. The van der Waals surface area contributed by atoms with Crippen LogP contribution in [0.25, 0.3) is 0 Å². The molecule has 0 bridgehead atoms. The van der Waals surface area contributed by atoms with Crippen LogP contribution in [0, 0.1) is 0 Å². The molecule has 128 valence electrons. The van der Waals surface area contributed by atoms with Gasteiger partial charge < -0.3 is 0 Å². The van der Waals surface area contributed by atoms with Crippen LogP contribution in [0.3, 0.4) is 0 Å². The Hall–Kier alpha value is -1.82. The van der Waals surface area contributed by atoms with E-state index in [1.165, 1.54) is 49.7 Å². The molecule has 2 aromatic rings. The largest absolute Gasteiger partial charge is 0.0804 e. The van der Waals surface area contributed by atoms with Gasteiger partial charge in [-0.3, -0.25) is 0 Å². The van der Waals surface area contributed by atoms with Gasteiger partial charge in [-0.25, -0.2) is 0 Å². The Labute approximate surface area is 148 Å². The second kappa shape index (κ2) is 10.9.